The summed E-state index contributed by atoms with van der Waals surface area (Å²) in [5, 5.41) is 4.12. The van der Waals surface area contributed by atoms with Gasteiger partial charge in [0.2, 0.25) is 5.91 Å². The first-order valence-electron chi connectivity index (χ1n) is 8.44. The van der Waals surface area contributed by atoms with Crippen LogP contribution in [-0.4, -0.2) is 37.7 Å². The second-order valence-electron chi connectivity index (χ2n) is 7.35. The maximum absolute atomic E-state index is 12.8. The molecule has 1 aromatic carbocycles. The summed E-state index contributed by atoms with van der Waals surface area (Å²) in [6.45, 7) is 7.88. The fourth-order valence-electron chi connectivity index (χ4n) is 3.48. The molecule has 1 aliphatic rings. The van der Waals surface area contributed by atoms with Crippen molar-refractivity contribution >= 4 is 28.7 Å². The minimum absolute atomic E-state index is 0.0603. The SMILES string of the molecule is CC(C)N1C(=O)C(C)(C)c2cc3[nH]c(-c4ccn(C(N)=O)n4)nc3cc21. The highest BCUT2D eigenvalue weighted by atomic mass is 16.2. The largest absolute Gasteiger partial charge is 0.350 e. The number of anilines is 1. The average molecular weight is 352 g/mol. The normalized spacial score (nSPS) is 15.9. The van der Waals surface area contributed by atoms with E-state index in [1.165, 1.54) is 6.20 Å². The van der Waals surface area contributed by atoms with Crippen molar-refractivity contribution in [3.8, 4) is 11.5 Å². The molecule has 1 aliphatic heterocycles. The van der Waals surface area contributed by atoms with E-state index in [0.717, 1.165) is 27.0 Å². The third kappa shape index (κ3) is 2.15. The number of fused-ring (bicyclic) bond motifs is 2. The molecule has 2 aromatic heterocycles. The Morgan fingerprint density at radius 3 is 2.65 bits per heavy atom. The molecule has 8 heteroatoms. The van der Waals surface area contributed by atoms with Gasteiger partial charge in [0.15, 0.2) is 5.82 Å². The molecule has 0 bridgehead atoms. The van der Waals surface area contributed by atoms with Gasteiger partial charge < -0.3 is 15.6 Å². The van der Waals surface area contributed by atoms with Gasteiger partial charge >= 0.3 is 6.03 Å². The molecule has 2 amide bonds. The molecule has 3 aromatic rings. The zero-order chi connectivity index (χ0) is 18.8. The van der Waals surface area contributed by atoms with Crippen LogP contribution >= 0.6 is 0 Å². The van der Waals surface area contributed by atoms with E-state index in [1.54, 1.807) is 6.07 Å². The number of aromatic nitrogens is 4. The molecule has 0 atom stereocenters. The monoisotopic (exact) mass is 352 g/mol. The third-order valence-electron chi connectivity index (χ3n) is 4.86. The summed E-state index contributed by atoms with van der Waals surface area (Å²) < 4.78 is 1.06. The Labute approximate surface area is 150 Å². The molecular weight excluding hydrogens is 332 g/mol. The van der Waals surface area contributed by atoms with Crippen molar-refractivity contribution in [2.75, 3.05) is 4.90 Å². The van der Waals surface area contributed by atoms with Crippen molar-refractivity contribution in [1.29, 1.82) is 0 Å². The Kier molecular flexibility index (Phi) is 3.24. The molecule has 8 nitrogen and oxygen atoms in total. The van der Waals surface area contributed by atoms with Crippen LogP contribution in [0.1, 0.15) is 33.3 Å². The molecule has 0 aliphatic carbocycles. The number of hydrogen-bond donors (Lipinski definition) is 2. The van der Waals surface area contributed by atoms with E-state index in [9.17, 15) is 9.59 Å². The van der Waals surface area contributed by atoms with Crippen molar-refractivity contribution in [3.05, 3.63) is 30.0 Å². The molecule has 0 saturated carbocycles. The van der Waals surface area contributed by atoms with Gasteiger partial charge in [-0.3, -0.25) is 4.79 Å². The second kappa shape index (κ2) is 5.17. The lowest BCUT2D eigenvalue weighted by molar-refractivity contribution is -0.122. The summed E-state index contributed by atoms with van der Waals surface area (Å²) in [5.41, 5.74) is 8.58. The van der Waals surface area contributed by atoms with Crippen LogP contribution in [-0.2, 0) is 10.2 Å². The number of amides is 2. The van der Waals surface area contributed by atoms with Gasteiger partial charge in [0.25, 0.3) is 0 Å². The molecular formula is C18H20N6O2. The molecule has 4 rings (SSSR count). The highest BCUT2D eigenvalue weighted by Crippen LogP contribution is 2.44. The number of hydrogen-bond acceptors (Lipinski definition) is 4. The molecule has 134 valence electrons. The number of nitrogens with two attached hydrogens (primary N) is 1. The predicted molar refractivity (Wildman–Crippen MR) is 97.9 cm³/mol. The van der Waals surface area contributed by atoms with Crippen molar-refractivity contribution in [3.63, 3.8) is 0 Å². The van der Waals surface area contributed by atoms with Gasteiger partial charge in [-0.05, 0) is 51.5 Å². The van der Waals surface area contributed by atoms with Gasteiger partial charge in [0, 0.05) is 12.2 Å². The van der Waals surface area contributed by atoms with E-state index in [1.807, 2.05) is 44.7 Å². The fourth-order valence-corrected chi connectivity index (χ4v) is 3.48. The van der Waals surface area contributed by atoms with Crippen molar-refractivity contribution < 1.29 is 9.59 Å². The lowest BCUT2D eigenvalue weighted by Crippen LogP contribution is -2.40. The zero-order valence-corrected chi connectivity index (χ0v) is 15.1. The van der Waals surface area contributed by atoms with Gasteiger partial charge in [-0.25, -0.2) is 9.78 Å². The van der Waals surface area contributed by atoms with Gasteiger partial charge in [0.1, 0.15) is 5.69 Å². The van der Waals surface area contributed by atoms with Gasteiger partial charge in [-0.1, -0.05) is 0 Å². The number of nitrogens with zero attached hydrogens (tertiary/aromatic N) is 4. The Hall–Kier alpha value is -3.16. The van der Waals surface area contributed by atoms with Crippen LogP contribution in [0.5, 0.6) is 0 Å². The van der Waals surface area contributed by atoms with Crippen LogP contribution in [0.2, 0.25) is 0 Å². The van der Waals surface area contributed by atoms with E-state index in [2.05, 4.69) is 15.1 Å². The summed E-state index contributed by atoms with van der Waals surface area (Å²) >= 11 is 0. The summed E-state index contributed by atoms with van der Waals surface area (Å²) in [5.74, 6) is 0.638. The van der Waals surface area contributed by atoms with Gasteiger partial charge in [-0.15, -0.1) is 0 Å². The number of H-pyrrole nitrogens is 1. The number of nitrogens with one attached hydrogen (secondary N) is 1. The van der Waals surface area contributed by atoms with Gasteiger partial charge in [0.05, 0.1) is 22.1 Å². The van der Waals surface area contributed by atoms with Crippen molar-refractivity contribution in [1.82, 2.24) is 19.7 Å². The van der Waals surface area contributed by atoms with Crippen LogP contribution in [0.3, 0.4) is 0 Å². The minimum Gasteiger partial charge on any atom is -0.350 e. The zero-order valence-electron chi connectivity index (χ0n) is 15.1. The Morgan fingerprint density at radius 2 is 2.04 bits per heavy atom. The van der Waals surface area contributed by atoms with E-state index < -0.39 is 11.4 Å². The summed E-state index contributed by atoms with van der Waals surface area (Å²) in [6, 6.07) is 4.99. The number of primary amides is 1. The third-order valence-corrected chi connectivity index (χ3v) is 4.86. The molecule has 0 fully saturated rings. The second-order valence-corrected chi connectivity index (χ2v) is 7.35. The van der Waals surface area contributed by atoms with E-state index in [-0.39, 0.29) is 11.9 Å². The molecule has 3 N–H and O–H groups in total. The van der Waals surface area contributed by atoms with Crippen LogP contribution in [0.25, 0.3) is 22.6 Å². The Balaban J connectivity index is 1.86. The first-order chi connectivity index (χ1) is 12.2. The van der Waals surface area contributed by atoms with Gasteiger partial charge in [-0.2, -0.15) is 9.78 Å². The van der Waals surface area contributed by atoms with Crippen molar-refractivity contribution in [2.24, 2.45) is 5.73 Å². The Morgan fingerprint density at radius 1 is 1.31 bits per heavy atom. The molecule has 0 spiro atoms. The summed E-state index contributed by atoms with van der Waals surface area (Å²) in [6.07, 6.45) is 1.49. The standard InChI is InChI=1S/C18H20N6O2/c1-9(2)24-14-8-13-12(7-10(14)18(3,4)16(24)25)20-15(21-13)11-5-6-23(22-11)17(19)26/h5-9H,1-4H3,(H2,19,26)(H,20,21). The predicted octanol–water partition coefficient (Wildman–Crippen LogP) is 2.39. The van der Waals surface area contributed by atoms with Crippen LogP contribution < -0.4 is 10.6 Å². The average Bonchev–Trinajstić information content (AvgIpc) is 3.23. The molecule has 26 heavy (non-hydrogen) atoms. The van der Waals surface area contributed by atoms with E-state index in [4.69, 9.17) is 5.73 Å². The fraction of sp³-hybridized carbons (Fsp3) is 0.333. The maximum Gasteiger partial charge on any atom is 0.339 e. The van der Waals surface area contributed by atoms with Crippen molar-refractivity contribution in [2.45, 2.75) is 39.2 Å². The number of aromatic amines is 1. The lowest BCUT2D eigenvalue weighted by Gasteiger charge is -2.24. The van der Waals surface area contributed by atoms with E-state index >= 15 is 0 Å². The topological polar surface area (TPSA) is 110 Å². The lowest BCUT2D eigenvalue weighted by atomic mass is 9.86. The first kappa shape index (κ1) is 16.3. The van der Waals surface area contributed by atoms with Crippen LogP contribution in [0.15, 0.2) is 24.4 Å². The van der Waals surface area contributed by atoms with Crippen LogP contribution in [0, 0.1) is 0 Å². The Bertz CT molecular complexity index is 1060. The van der Waals surface area contributed by atoms with Crippen LogP contribution in [0.4, 0.5) is 10.5 Å². The first-order valence-corrected chi connectivity index (χ1v) is 8.44. The highest BCUT2D eigenvalue weighted by Gasteiger charge is 2.45. The number of carbonyl (C=O) groups is 2. The summed E-state index contributed by atoms with van der Waals surface area (Å²) in [4.78, 5) is 33.7. The number of carbonyl (C=O) groups excluding carboxylic acids is 2. The quantitative estimate of drug-likeness (QED) is 0.738. The number of benzene rings is 1. The maximum atomic E-state index is 12.8. The minimum atomic E-state index is -0.654. The molecule has 0 radical (unpaired) electrons. The molecule has 0 unspecified atom stereocenters. The molecule has 0 saturated heterocycles. The highest BCUT2D eigenvalue weighted by molar-refractivity contribution is 6.09. The summed E-state index contributed by atoms with van der Waals surface area (Å²) in [7, 11) is 0. The number of rotatable bonds is 2. The smallest absolute Gasteiger partial charge is 0.339 e. The van der Waals surface area contributed by atoms with E-state index in [0.29, 0.717) is 11.5 Å². The number of imidazole rings is 1. The molecule has 3 heterocycles.